The molecule has 0 aromatic rings. The Morgan fingerprint density at radius 2 is 1.77 bits per heavy atom. The predicted molar refractivity (Wildman–Crippen MR) is 97.7 cm³/mol. The van der Waals surface area contributed by atoms with E-state index in [1.54, 1.807) is 41.5 Å². The summed E-state index contributed by atoms with van der Waals surface area (Å²) in [5.74, 6) is -0.516. The molecule has 1 atom stereocenters. The summed E-state index contributed by atoms with van der Waals surface area (Å²) in [5.41, 5.74) is -1.10. The first-order valence-electron chi connectivity index (χ1n) is 9.08. The first-order valence-corrected chi connectivity index (χ1v) is 9.08. The zero-order valence-corrected chi connectivity index (χ0v) is 16.8. The van der Waals surface area contributed by atoms with E-state index in [1.165, 1.54) is 4.90 Å². The van der Waals surface area contributed by atoms with Gasteiger partial charge in [0.05, 0.1) is 6.04 Å². The standard InChI is InChI=1S/C18H33N3O5/c1-17(2,3)25-14(22)12-21-11-10-19-13(15(21)23)8-7-9-20-16(24)26-18(4,5)6/h13,19H,7-12H2,1-6H3,(H,20,24). The Morgan fingerprint density at radius 3 is 2.35 bits per heavy atom. The third kappa shape index (κ3) is 9.03. The Labute approximate surface area is 156 Å². The van der Waals surface area contributed by atoms with Gasteiger partial charge in [0.15, 0.2) is 0 Å². The van der Waals surface area contributed by atoms with Crippen molar-refractivity contribution < 1.29 is 23.9 Å². The first-order chi connectivity index (χ1) is 11.9. The van der Waals surface area contributed by atoms with Gasteiger partial charge in [-0.25, -0.2) is 4.79 Å². The summed E-state index contributed by atoms with van der Waals surface area (Å²) in [6, 6.07) is -0.355. The molecule has 1 aliphatic rings. The number of nitrogens with one attached hydrogen (secondary N) is 2. The third-order valence-corrected chi connectivity index (χ3v) is 3.46. The molecule has 26 heavy (non-hydrogen) atoms. The highest BCUT2D eigenvalue weighted by Gasteiger charge is 2.30. The minimum absolute atomic E-state index is 0.0373. The van der Waals surface area contributed by atoms with Crippen molar-refractivity contribution >= 4 is 18.0 Å². The summed E-state index contributed by atoms with van der Waals surface area (Å²) in [7, 11) is 0. The highest BCUT2D eigenvalue weighted by atomic mass is 16.6. The van der Waals surface area contributed by atoms with Gasteiger partial charge in [0, 0.05) is 19.6 Å². The van der Waals surface area contributed by atoms with Crippen LogP contribution in [0.15, 0.2) is 0 Å². The van der Waals surface area contributed by atoms with E-state index < -0.39 is 23.3 Å². The van der Waals surface area contributed by atoms with Gasteiger partial charge in [-0.15, -0.1) is 0 Å². The lowest BCUT2D eigenvalue weighted by molar-refractivity contribution is -0.159. The van der Waals surface area contributed by atoms with Crippen LogP contribution in [0, 0.1) is 0 Å². The van der Waals surface area contributed by atoms with Gasteiger partial charge >= 0.3 is 12.1 Å². The van der Waals surface area contributed by atoms with Crippen LogP contribution in [0.4, 0.5) is 4.79 Å². The summed E-state index contributed by atoms with van der Waals surface area (Å²) in [6.45, 7) is 12.3. The zero-order valence-electron chi connectivity index (χ0n) is 16.8. The molecule has 2 N–H and O–H groups in total. The number of alkyl carbamates (subject to hydrolysis) is 1. The molecule has 1 fully saturated rings. The van der Waals surface area contributed by atoms with Crippen molar-refractivity contribution in [1.29, 1.82) is 0 Å². The molecule has 2 amide bonds. The second-order valence-electron chi connectivity index (χ2n) is 8.42. The maximum Gasteiger partial charge on any atom is 0.407 e. The summed E-state index contributed by atoms with van der Waals surface area (Å²) in [6.07, 6.45) is 0.731. The number of ether oxygens (including phenoxy) is 2. The minimum Gasteiger partial charge on any atom is -0.459 e. The number of rotatable bonds is 6. The average Bonchev–Trinajstić information content (AvgIpc) is 2.43. The smallest absolute Gasteiger partial charge is 0.407 e. The highest BCUT2D eigenvalue weighted by Crippen LogP contribution is 2.11. The SMILES string of the molecule is CC(C)(C)OC(=O)CN1CCNC(CCCNC(=O)OC(C)(C)C)C1=O. The molecule has 1 saturated heterocycles. The predicted octanol–water partition coefficient (Wildman–Crippen LogP) is 1.43. The maximum absolute atomic E-state index is 12.5. The molecule has 0 spiro atoms. The minimum atomic E-state index is -0.569. The Kier molecular flexibility index (Phi) is 7.87. The van der Waals surface area contributed by atoms with E-state index >= 15 is 0 Å². The van der Waals surface area contributed by atoms with Gasteiger partial charge in [0.1, 0.15) is 17.7 Å². The third-order valence-electron chi connectivity index (χ3n) is 3.46. The van der Waals surface area contributed by atoms with Crippen molar-refractivity contribution in [2.75, 3.05) is 26.2 Å². The molecule has 1 unspecified atom stereocenters. The molecule has 0 bridgehead atoms. The monoisotopic (exact) mass is 371 g/mol. The van der Waals surface area contributed by atoms with Gasteiger partial charge in [0.2, 0.25) is 5.91 Å². The summed E-state index contributed by atoms with van der Waals surface area (Å²) in [5, 5.41) is 5.83. The Hall–Kier alpha value is -1.83. The summed E-state index contributed by atoms with van der Waals surface area (Å²) in [4.78, 5) is 37.5. The number of amides is 2. The Bertz CT molecular complexity index is 508. The lowest BCUT2D eigenvalue weighted by Crippen LogP contribution is -2.56. The summed E-state index contributed by atoms with van der Waals surface area (Å²) < 4.78 is 10.4. The van der Waals surface area contributed by atoms with Crippen molar-refractivity contribution in [3.8, 4) is 0 Å². The number of nitrogens with zero attached hydrogens (tertiary/aromatic N) is 1. The fourth-order valence-corrected chi connectivity index (χ4v) is 2.51. The molecule has 1 rings (SSSR count). The van der Waals surface area contributed by atoms with E-state index in [-0.39, 0.29) is 18.5 Å². The van der Waals surface area contributed by atoms with Crippen molar-refractivity contribution in [3.05, 3.63) is 0 Å². The molecular formula is C18H33N3O5. The molecule has 0 aromatic carbocycles. The van der Waals surface area contributed by atoms with Gasteiger partial charge in [-0.1, -0.05) is 0 Å². The van der Waals surface area contributed by atoms with E-state index in [4.69, 9.17) is 9.47 Å². The highest BCUT2D eigenvalue weighted by molar-refractivity contribution is 5.86. The molecule has 1 aliphatic heterocycles. The van der Waals surface area contributed by atoms with Crippen LogP contribution in [0.2, 0.25) is 0 Å². The lowest BCUT2D eigenvalue weighted by Gasteiger charge is -2.33. The van der Waals surface area contributed by atoms with Crippen molar-refractivity contribution in [2.24, 2.45) is 0 Å². The molecule has 0 aromatic heterocycles. The zero-order chi connectivity index (χ0) is 20.0. The second kappa shape index (κ2) is 9.21. The number of piperazine rings is 1. The second-order valence-corrected chi connectivity index (χ2v) is 8.42. The number of hydrogen-bond acceptors (Lipinski definition) is 6. The molecule has 0 radical (unpaired) electrons. The van der Waals surface area contributed by atoms with Crippen LogP contribution in [-0.4, -0.2) is 66.3 Å². The lowest BCUT2D eigenvalue weighted by atomic mass is 10.1. The molecule has 8 nitrogen and oxygen atoms in total. The van der Waals surface area contributed by atoms with Gasteiger partial charge in [-0.05, 0) is 54.4 Å². The van der Waals surface area contributed by atoms with E-state index in [1.807, 2.05) is 0 Å². The molecule has 1 heterocycles. The van der Waals surface area contributed by atoms with E-state index in [0.717, 1.165) is 0 Å². The first kappa shape index (κ1) is 22.2. The normalized spacial score (nSPS) is 18.5. The number of carbonyl (C=O) groups excluding carboxylic acids is 3. The van der Waals surface area contributed by atoms with Crippen molar-refractivity contribution in [1.82, 2.24) is 15.5 Å². The Morgan fingerprint density at radius 1 is 1.15 bits per heavy atom. The van der Waals surface area contributed by atoms with Crippen LogP contribution in [0.5, 0.6) is 0 Å². The van der Waals surface area contributed by atoms with E-state index in [9.17, 15) is 14.4 Å². The molecular weight excluding hydrogens is 338 g/mol. The number of esters is 1. The Balaban J connectivity index is 2.36. The quantitative estimate of drug-likeness (QED) is 0.542. The van der Waals surface area contributed by atoms with E-state index in [0.29, 0.717) is 32.5 Å². The number of hydrogen-bond donors (Lipinski definition) is 2. The molecule has 0 saturated carbocycles. The maximum atomic E-state index is 12.5. The van der Waals surface area contributed by atoms with E-state index in [2.05, 4.69) is 10.6 Å². The largest absolute Gasteiger partial charge is 0.459 e. The fraction of sp³-hybridized carbons (Fsp3) is 0.833. The molecule has 8 heteroatoms. The summed E-state index contributed by atoms with van der Waals surface area (Å²) >= 11 is 0. The fourth-order valence-electron chi connectivity index (χ4n) is 2.51. The van der Waals surface area contributed by atoms with Crippen LogP contribution in [0.3, 0.4) is 0 Å². The van der Waals surface area contributed by atoms with Crippen LogP contribution in [0.25, 0.3) is 0 Å². The van der Waals surface area contributed by atoms with Gasteiger partial charge in [0.25, 0.3) is 0 Å². The van der Waals surface area contributed by atoms with Gasteiger partial charge in [-0.3, -0.25) is 9.59 Å². The van der Waals surface area contributed by atoms with Crippen LogP contribution in [-0.2, 0) is 19.1 Å². The van der Waals surface area contributed by atoms with Crippen LogP contribution >= 0.6 is 0 Å². The van der Waals surface area contributed by atoms with Crippen molar-refractivity contribution in [3.63, 3.8) is 0 Å². The average molecular weight is 371 g/mol. The molecule has 150 valence electrons. The van der Waals surface area contributed by atoms with Crippen molar-refractivity contribution in [2.45, 2.75) is 71.6 Å². The van der Waals surface area contributed by atoms with Gasteiger partial charge in [-0.2, -0.15) is 0 Å². The van der Waals surface area contributed by atoms with Gasteiger partial charge < -0.3 is 25.0 Å². The number of carbonyl (C=O) groups is 3. The topological polar surface area (TPSA) is 97.0 Å². The molecule has 0 aliphatic carbocycles. The van der Waals surface area contributed by atoms with Crippen LogP contribution < -0.4 is 10.6 Å². The van der Waals surface area contributed by atoms with Crippen LogP contribution in [0.1, 0.15) is 54.4 Å².